The van der Waals surface area contributed by atoms with Gasteiger partial charge in [0.2, 0.25) is 0 Å². The van der Waals surface area contributed by atoms with Crippen LogP contribution in [0.4, 0.5) is 19.0 Å². The van der Waals surface area contributed by atoms with E-state index in [0.29, 0.717) is 12.8 Å². The minimum Gasteiger partial charge on any atom is -0.367 e. The van der Waals surface area contributed by atoms with E-state index in [2.05, 4.69) is 10.3 Å². The Bertz CT molecular complexity index is 543. The number of alkyl halides is 3. The van der Waals surface area contributed by atoms with Gasteiger partial charge in [-0.25, -0.2) is 13.4 Å². The molecule has 0 aromatic carbocycles. The molecule has 0 saturated carbocycles. The number of nitrogens with one attached hydrogen (secondary N) is 1. The Kier molecular flexibility index (Phi) is 3.71. The molecule has 106 valence electrons. The zero-order valence-corrected chi connectivity index (χ0v) is 10.8. The predicted octanol–water partition coefficient (Wildman–Crippen LogP) is 2.09. The molecule has 0 radical (unpaired) electrons. The van der Waals surface area contributed by atoms with E-state index in [-0.39, 0.29) is 23.4 Å². The summed E-state index contributed by atoms with van der Waals surface area (Å²) in [6, 6.07) is 3.46. The number of aromatic nitrogens is 1. The Hall–Kier alpha value is -1.31. The molecule has 4 nitrogen and oxygen atoms in total. The summed E-state index contributed by atoms with van der Waals surface area (Å²) in [7, 11) is -2.98. The summed E-state index contributed by atoms with van der Waals surface area (Å²) in [4.78, 5) is 3.49. The van der Waals surface area contributed by atoms with Crippen LogP contribution < -0.4 is 5.32 Å². The maximum Gasteiger partial charge on any atom is 0.433 e. The highest BCUT2D eigenvalue weighted by molar-refractivity contribution is 7.91. The Balaban J connectivity index is 2.04. The van der Waals surface area contributed by atoms with Gasteiger partial charge in [-0.3, -0.25) is 0 Å². The standard InChI is InChI=1S/C11H13F3N2O2S/c12-11(13,14)9-2-1-3-10(16-9)15-8-4-6-19(17,18)7-5-8/h1-3,8H,4-7H2,(H,15,16). The van der Waals surface area contributed by atoms with E-state index < -0.39 is 21.7 Å². The van der Waals surface area contributed by atoms with Gasteiger partial charge in [0.1, 0.15) is 21.3 Å². The summed E-state index contributed by atoms with van der Waals surface area (Å²) in [5, 5.41) is 2.86. The van der Waals surface area contributed by atoms with Crippen molar-refractivity contribution in [3.05, 3.63) is 23.9 Å². The molecule has 0 bridgehead atoms. The number of anilines is 1. The van der Waals surface area contributed by atoms with Gasteiger partial charge < -0.3 is 5.32 Å². The number of hydrogen-bond donors (Lipinski definition) is 1. The van der Waals surface area contributed by atoms with Crippen LogP contribution in [-0.4, -0.2) is 30.9 Å². The van der Waals surface area contributed by atoms with Crippen molar-refractivity contribution >= 4 is 15.7 Å². The van der Waals surface area contributed by atoms with E-state index in [1.54, 1.807) is 0 Å². The summed E-state index contributed by atoms with van der Waals surface area (Å²) in [6.07, 6.45) is -3.70. The molecule has 1 aromatic rings. The highest BCUT2D eigenvalue weighted by atomic mass is 32.2. The molecule has 1 fully saturated rings. The van der Waals surface area contributed by atoms with E-state index in [9.17, 15) is 21.6 Å². The molecule has 1 aliphatic rings. The fraction of sp³-hybridized carbons (Fsp3) is 0.545. The Morgan fingerprint density at radius 2 is 1.84 bits per heavy atom. The lowest BCUT2D eigenvalue weighted by molar-refractivity contribution is -0.141. The molecule has 0 spiro atoms. The van der Waals surface area contributed by atoms with Crippen LogP contribution in [0.25, 0.3) is 0 Å². The second kappa shape index (κ2) is 4.99. The molecule has 2 heterocycles. The van der Waals surface area contributed by atoms with E-state index in [1.165, 1.54) is 12.1 Å². The van der Waals surface area contributed by atoms with Crippen LogP contribution in [0.1, 0.15) is 18.5 Å². The zero-order chi connectivity index (χ0) is 14.1. The van der Waals surface area contributed by atoms with Gasteiger partial charge in [-0.15, -0.1) is 0 Å². The maximum absolute atomic E-state index is 12.5. The third-order valence-electron chi connectivity index (χ3n) is 2.95. The summed E-state index contributed by atoms with van der Waals surface area (Å²) < 4.78 is 59.9. The van der Waals surface area contributed by atoms with Crippen LogP contribution in [0.5, 0.6) is 0 Å². The first-order valence-corrected chi connectivity index (χ1v) is 7.60. The third-order valence-corrected chi connectivity index (χ3v) is 4.66. The van der Waals surface area contributed by atoms with Gasteiger partial charge in [0.05, 0.1) is 11.5 Å². The van der Waals surface area contributed by atoms with E-state index in [4.69, 9.17) is 0 Å². The van der Waals surface area contributed by atoms with Crippen molar-refractivity contribution in [3.63, 3.8) is 0 Å². The van der Waals surface area contributed by atoms with Gasteiger partial charge in [-0.1, -0.05) is 6.07 Å². The number of pyridine rings is 1. The van der Waals surface area contributed by atoms with Crippen LogP contribution in [-0.2, 0) is 16.0 Å². The lowest BCUT2D eigenvalue weighted by Crippen LogP contribution is -2.32. The van der Waals surface area contributed by atoms with Gasteiger partial charge in [0.15, 0.2) is 0 Å². The zero-order valence-electron chi connectivity index (χ0n) is 9.94. The first kappa shape index (κ1) is 14.1. The monoisotopic (exact) mass is 294 g/mol. The average Bonchev–Trinajstić information content (AvgIpc) is 2.31. The van der Waals surface area contributed by atoms with E-state index in [0.717, 1.165) is 6.07 Å². The van der Waals surface area contributed by atoms with Crippen LogP contribution in [0, 0.1) is 0 Å². The minimum absolute atomic E-state index is 0.0592. The van der Waals surface area contributed by atoms with Crippen molar-refractivity contribution < 1.29 is 21.6 Å². The Morgan fingerprint density at radius 1 is 1.21 bits per heavy atom. The highest BCUT2D eigenvalue weighted by Crippen LogP contribution is 2.28. The van der Waals surface area contributed by atoms with Crippen LogP contribution in [0.3, 0.4) is 0 Å². The smallest absolute Gasteiger partial charge is 0.367 e. The SMILES string of the molecule is O=S1(=O)CCC(Nc2cccc(C(F)(F)F)n2)CC1. The molecule has 0 unspecified atom stereocenters. The summed E-state index contributed by atoms with van der Waals surface area (Å²) >= 11 is 0. The molecule has 1 aliphatic heterocycles. The quantitative estimate of drug-likeness (QED) is 0.907. The second-order valence-corrected chi connectivity index (χ2v) is 6.78. The number of hydrogen-bond acceptors (Lipinski definition) is 4. The molecule has 1 N–H and O–H groups in total. The normalized spacial score (nSPS) is 20.2. The molecule has 0 atom stereocenters. The molecule has 2 rings (SSSR count). The van der Waals surface area contributed by atoms with Gasteiger partial charge in [0.25, 0.3) is 0 Å². The van der Waals surface area contributed by atoms with Gasteiger partial charge >= 0.3 is 6.18 Å². The molecule has 0 aliphatic carbocycles. The molecular formula is C11H13F3N2O2S. The average molecular weight is 294 g/mol. The minimum atomic E-state index is -4.48. The van der Waals surface area contributed by atoms with Crippen molar-refractivity contribution in [1.29, 1.82) is 0 Å². The fourth-order valence-electron chi connectivity index (χ4n) is 1.92. The summed E-state index contributed by atoms with van der Waals surface area (Å²) in [5.74, 6) is 0.242. The van der Waals surface area contributed by atoms with Gasteiger partial charge in [-0.2, -0.15) is 13.2 Å². The lowest BCUT2D eigenvalue weighted by Gasteiger charge is -2.23. The van der Waals surface area contributed by atoms with Crippen molar-refractivity contribution in [2.75, 3.05) is 16.8 Å². The number of halogens is 3. The topological polar surface area (TPSA) is 59.1 Å². The lowest BCUT2D eigenvalue weighted by atomic mass is 10.1. The second-order valence-electron chi connectivity index (χ2n) is 4.48. The van der Waals surface area contributed by atoms with Crippen LogP contribution >= 0.6 is 0 Å². The molecule has 19 heavy (non-hydrogen) atoms. The summed E-state index contributed by atoms with van der Waals surface area (Å²) in [6.45, 7) is 0. The van der Waals surface area contributed by atoms with Crippen LogP contribution in [0.15, 0.2) is 18.2 Å². The predicted molar refractivity (Wildman–Crippen MR) is 64.5 cm³/mol. The van der Waals surface area contributed by atoms with E-state index >= 15 is 0 Å². The van der Waals surface area contributed by atoms with Crippen molar-refractivity contribution in [1.82, 2.24) is 4.98 Å². The van der Waals surface area contributed by atoms with E-state index in [1.807, 2.05) is 0 Å². The van der Waals surface area contributed by atoms with Gasteiger partial charge in [0, 0.05) is 6.04 Å². The fourth-order valence-corrected chi connectivity index (χ4v) is 3.41. The Morgan fingerprint density at radius 3 is 2.42 bits per heavy atom. The van der Waals surface area contributed by atoms with Crippen LogP contribution in [0.2, 0.25) is 0 Å². The van der Waals surface area contributed by atoms with Gasteiger partial charge in [-0.05, 0) is 25.0 Å². The molecule has 1 aromatic heterocycles. The molecule has 0 amide bonds. The summed E-state index contributed by atoms with van der Waals surface area (Å²) in [5.41, 5.74) is -0.957. The molecular weight excluding hydrogens is 281 g/mol. The molecule has 1 saturated heterocycles. The maximum atomic E-state index is 12.5. The third kappa shape index (κ3) is 3.82. The Labute approximate surface area is 109 Å². The van der Waals surface area contributed by atoms with Crippen molar-refractivity contribution in [2.24, 2.45) is 0 Å². The number of sulfone groups is 1. The number of nitrogens with zero attached hydrogens (tertiary/aromatic N) is 1. The highest BCUT2D eigenvalue weighted by Gasteiger charge is 2.32. The van der Waals surface area contributed by atoms with Crippen molar-refractivity contribution in [3.8, 4) is 0 Å². The first-order valence-electron chi connectivity index (χ1n) is 5.77. The number of rotatable bonds is 2. The first-order chi connectivity index (χ1) is 8.76. The van der Waals surface area contributed by atoms with Crippen molar-refractivity contribution in [2.45, 2.75) is 25.1 Å². The molecule has 8 heteroatoms. The largest absolute Gasteiger partial charge is 0.433 e.